The van der Waals surface area contributed by atoms with E-state index in [9.17, 15) is 0 Å². The molecule has 0 heteroatoms. The Kier molecular flexibility index (Phi) is 31.7. The molecule has 6 rings (SSSR count). The average Bonchev–Trinajstić information content (AvgIpc) is 3.42. The van der Waals surface area contributed by atoms with E-state index < -0.39 is 0 Å². The number of aryl methyl sites for hydroxylation is 3. The first kappa shape index (κ1) is 50.5. The first-order valence-electron chi connectivity index (χ1n) is 20.2. The van der Waals surface area contributed by atoms with Crippen LogP contribution in [0.5, 0.6) is 0 Å². The fourth-order valence-corrected chi connectivity index (χ4v) is 5.25. The van der Waals surface area contributed by atoms with Crippen molar-refractivity contribution in [1.82, 2.24) is 0 Å². The van der Waals surface area contributed by atoms with Crippen molar-refractivity contribution in [1.29, 1.82) is 0 Å². The van der Waals surface area contributed by atoms with Gasteiger partial charge in [0.1, 0.15) is 0 Å². The van der Waals surface area contributed by atoms with E-state index in [1.54, 1.807) is 0 Å². The van der Waals surface area contributed by atoms with Crippen molar-refractivity contribution in [2.45, 2.75) is 123 Å². The molecule has 0 amide bonds. The molecule has 0 aromatic heterocycles. The number of benzene rings is 3. The molecule has 53 heavy (non-hydrogen) atoms. The highest BCUT2D eigenvalue weighted by Gasteiger charge is 2.12. The molecule has 0 bridgehead atoms. The molecular weight excluding hydrogens is 637 g/mol. The summed E-state index contributed by atoms with van der Waals surface area (Å²) >= 11 is 0. The van der Waals surface area contributed by atoms with Crippen LogP contribution in [0.2, 0.25) is 0 Å². The van der Waals surface area contributed by atoms with Gasteiger partial charge in [0.25, 0.3) is 0 Å². The van der Waals surface area contributed by atoms with Crippen LogP contribution in [0, 0.1) is 39.0 Å². The quantitative estimate of drug-likeness (QED) is 0.232. The van der Waals surface area contributed by atoms with E-state index >= 15 is 0 Å². The maximum absolute atomic E-state index is 5.58. The van der Waals surface area contributed by atoms with Gasteiger partial charge in [-0.3, -0.25) is 0 Å². The molecule has 3 aromatic carbocycles. The Balaban J connectivity index is 0. The van der Waals surface area contributed by atoms with E-state index in [0.717, 1.165) is 18.4 Å². The van der Waals surface area contributed by atoms with Crippen LogP contribution in [-0.4, -0.2) is 0 Å². The van der Waals surface area contributed by atoms with Crippen LogP contribution in [0.4, 0.5) is 0 Å². The summed E-state index contributed by atoms with van der Waals surface area (Å²) in [5.74, 6) is 3.41. The molecule has 3 aromatic rings. The lowest BCUT2D eigenvalue weighted by molar-refractivity contribution is 0.865. The van der Waals surface area contributed by atoms with Gasteiger partial charge in [-0.15, -0.1) is 6.42 Å². The van der Waals surface area contributed by atoms with Crippen molar-refractivity contribution in [2.75, 3.05) is 0 Å². The number of rotatable bonds is 2. The number of terminal acetylenes is 1. The Morgan fingerprint density at radius 3 is 1.81 bits per heavy atom. The van der Waals surface area contributed by atoms with E-state index in [0.29, 0.717) is 5.92 Å². The standard InChI is InChI=1S/C16H16.C13H14.C9H12.C7H8.4C2H6/c1-4-8-15-12(3)16-10-7-6-9-14(16)11-13(15)5-2;1-11-7-9-13(10-8-11)12-5-3-2-4-6-12;1-8-6-4-3-5-7-9(8)2;1-7-5-3-2-4-6-7;4*1-2/h2,4,7-8,10-11H,6,9H2,1,3H3;2-3,5,7-10H,4,6H2,1H3;3-8H,1-2H3;2-6H,1H3;4*1-2H3/b8-4-;;;;;;;. The molecule has 286 valence electrons. The molecule has 0 N–H and O–H groups in total. The second kappa shape index (κ2) is 33.3. The molecular formula is C53H74. The summed E-state index contributed by atoms with van der Waals surface area (Å²) in [5.41, 5.74) is 13.2. The molecule has 0 fully saturated rings. The van der Waals surface area contributed by atoms with Gasteiger partial charge in [-0.1, -0.05) is 212 Å². The zero-order valence-electron chi connectivity index (χ0n) is 36.2. The Morgan fingerprint density at radius 1 is 0.679 bits per heavy atom. The molecule has 3 aliphatic rings. The summed E-state index contributed by atoms with van der Waals surface area (Å²) < 4.78 is 0. The highest BCUT2D eigenvalue weighted by molar-refractivity contribution is 5.72. The third-order valence-corrected chi connectivity index (χ3v) is 8.19. The largest absolute Gasteiger partial charge is 0.115 e. The van der Waals surface area contributed by atoms with Crippen LogP contribution in [0.3, 0.4) is 0 Å². The third kappa shape index (κ3) is 20.3. The van der Waals surface area contributed by atoms with Crippen molar-refractivity contribution in [2.24, 2.45) is 5.92 Å². The predicted molar refractivity (Wildman–Crippen MR) is 246 cm³/mol. The van der Waals surface area contributed by atoms with Crippen molar-refractivity contribution in [3.63, 3.8) is 0 Å². The van der Waals surface area contributed by atoms with Gasteiger partial charge >= 0.3 is 0 Å². The first-order chi connectivity index (χ1) is 25.8. The van der Waals surface area contributed by atoms with Gasteiger partial charge in [-0.25, -0.2) is 0 Å². The summed E-state index contributed by atoms with van der Waals surface area (Å²) in [5, 5.41) is 0. The van der Waals surface area contributed by atoms with Crippen LogP contribution < -0.4 is 0 Å². The van der Waals surface area contributed by atoms with Crippen molar-refractivity contribution < 1.29 is 0 Å². The fourth-order valence-electron chi connectivity index (χ4n) is 5.25. The van der Waals surface area contributed by atoms with E-state index in [-0.39, 0.29) is 0 Å². The first-order valence-corrected chi connectivity index (χ1v) is 20.2. The van der Waals surface area contributed by atoms with Crippen LogP contribution in [-0.2, 0) is 6.42 Å². The minimum atomic E-state index is 0.611. The molecule has 0 aliphatic heterocycles. The molecule has 1 atom stereocenters. The number of allylic oxidation sites excluding steroid dienone is 12. The Labute approximate surface area is 329 Å². The summed E-state index contributed by atoms with van der Waals surface area (Å²) in [7, 11) is 0. The molecule has 0 spiro atoms. The number of fused-ring (bicyclic) bond motifs is 1. The van der Waals surface area contributed by atoms with Crippen molar-refractivity contribution in [3.8, 4) is 12.3 Å². The lowest BCUT2D eigenvalue weighted by Gasteiger charge is -2.17. The fraction of sp³-hybridized carbons (Fsp3) is 0.358. The van der Waals surface area contributed by atoms with Crippen LogP contribution in [0.1, 0.15) is 140 Å². The predicted octanol–water partition coefficient (Wildman–Crippen LogP) is 16.5. The zero-order valence-corrected chi connectivity index (χ0v) is 36.2. The topological polar surface area (TPSA) is 0 Å². The summed E-state index contributed by atoms with van der Waals surface area (Å²) in [4.78, 5) is 0. The molecule has 0 radical (unpaired) electrons. The third-order valence-electron chi connectivity index (χ3n) is 8.19. The van der Waals surface area contributed by atoms with E-state index in [1.165, 1.54) is 62.9 Å². The summed E-state index contributed by atoms with van der Waals surface area (Å²) in [6.07, 6.45) is 36.0. The van der Waals surface area contributed by atoms with Gasteiger partial charge in [0.05, 0.1) is 0 Å². The minimum absolute atomic E-state index is 0.611. The SMILES string of the molecule is C#Cc1cc2c(c(C)c1/C=C\C)C=CCC2.CC.CC.CC.CC.CC1=CC=CC=CC1C.Cc1ccc(C2=CC=CCC2)cc1.Cc1ccccc1. The smallest absolute Gasteiger partial charge is 0.0320 e. The van der Waals surface area contributed by atoms with Crippen LogP contribution in [0.15, 0.2) is 127 Å². The minimum Gasteiger partial charge on any atom is -0.115 e. The van der Waals surface area contributed by atoms with Gasteiger partial charge in [-0.2, -0.15) is 0 Å². The maximum atomic E-state index is 5.58. The Hall–Kier alpha value is -4.60. The van der Waals surface area contributed by atoms with Crippen LogP contribution in [0.25, 0.3) is 17.7 Å². The van der Waals surface area contributed by atoms with E-state index in [4.69, 9.17) is 6.42 Å². The maximum Gasteiger partial charge on any atom is 0.0320 e. The monoisotopic (exact) mass is 711 g/mol. The average molecular weight is 711 g/mol. The van der Waals surface area contributed by atoms with Gasteiger partial charge in [0, 0.05) is 5.56 Å². The second-order valence-electron chi connectivity index (χ2n) is 11.8. The molecule has 0 nitrogen and oxygen atoms in total. The second-order valence-corrected chi connectivity index (χ2v) is 11.8. The lowest BCUT2D eigenvalue weighted by atomic mass is 9.87. The molecule has 0 saturated carbocycles. The normalized spacial score (nSPS) is 13.9. The molecule has 0 saturated heterocycles. The molecule has 1 unspecified atom stereocenters. The van der Waals surface area contributed by atoms with Crippen LogP contribution >= 0.6 is 0 Å². The highest BCUT2D eigenvalue weighted by Crippen LogP contribution is 2.29. The number of hydrogen-bond donors (Lipinski definition) is 0. The Bertz CT molecular complexity index is 1620. The lowest BCUT2D eigenvalue weighted by Crippen LogP contribution is -2.01. The summed E-state index contributed by atoms with van der Waals surface area (Å²) in [6.45, 7) is 28.7. The van der Waals surface area contributed by atoms with Gasteiger partial charge in [0.2, 0.25) is 0 Å². The van der Waals surface area contributed by atoms with Gasteiger partial charge < -0.3 is 0 Å². The van der Waals surface area contributed by atoms with Gasteiger partial charge in [-0.05, 0) is 106 Å². The van der Waals surface area contributed by atoms with Crippen molar-refractivity contribution in [3.05, 3.63) is 172 Å². The van der Waals surface area contributed by atoms with E-state index in [2.05, 4.69) is 150 Å². The van der Waals surface area contributed by atoms with Crippen molar-refractivity contribution >= 4 is 17.7 Å². The Morgan fingerprint density at radius 2 is 1.28 bits per heavy atom. The van der Waals surface area contributed by atoms with Gasteiger partial charge in [0.15, 0.2) is 0 Å². The zero-order chi connectivity index (χ0) is 40.4. The van der Waals surface area contributed by atoms with E-state index in [1.807, 2.05) is 86.6 Å². The number of hydrogen-bond acceptors (Lipinski definition) is 0. The highest BCUT2D eigenvalue weighted by atomic mass is 14.2. The summed E-state index contributed by atoms with van der Waals surface area (Å²) in [6, 6.07) is 21.2. The molecule has 0 heterocycles. The molecule has 3 aliphatic carbocycles.